The van der Waals surface area contributed by atoms with Gasteiger partial charge in [0.05, 0.1) is 10.9 Å². The molecule has 122 valence electrons. The normalized spacial score (nSPS) is 17.0. The molecule has 1 amide bonds. The van der Waals surface area contributed by atoms with E-state index in [4.69, 9.17) is 5.73 Å². The number of H-pyrrole nitrogens is 2. The van der Waals surface area contributed by atoms with Gasteiger partial charge in [-0.1, -0.05) is 0 Å². The zero-order chi connectivity index (χ0) is 16.8. The van der Waals surface area contributed by atoms with Crippen LogP contribution in [0.4, 0.5) is 0 Å². The number of aromatic nitrogens is 3. The molecule has 1 aliphatic carbocycles. The molecule has 0 aromatic carbocycles. The van der Waals surface area contributed by atoms with Crippen LogP contribution in [-0.4, -0.2) is 32.9 Å². The second-order valence-electron chi connectivity index (χ2n) is 6.31. The summed E-state index contributed by atoms with van der Waals surface area (Å²) < 4.78 is 0. The van der Waals surface area contributed by atoms with Gasteiger partial charge in [0.25, 0.3) is 11.5 Å². The van der Waals surface area contributed by atoms with Crippen molar-refractivity contribution < 1.29 is 4.79 Å². The number of nitrogens with two attached hydrogens (primary N) is 1. The first-order chi connectivity index (χ1) is 10.8. The minimum Gasteiger partial charge on any atom is -0.344 e. The highest BCUT2D eigenvalue weighted by Crippen LogP contribution is 2.39. The van der Waals surface area contributed by atoms with Gasteiger partial charge in [-0.05, 0) is 44.2 Å². The van der Waals surface area contributed by atoms with Crippen molar-refractivity contribution >= 4 is 16.9 Å². The van der Waals surface area contributed by atoms with E-state index in [0.717, 1.165) is 12.8 Å². The predicted octanol–water partition coefficient (Wildman–Crippen LogP) is -0.223. The maximum absolute atomic E-state index is 12.5. The van der Waals surface area contributed by atoms with E-state index in [9.17, 15) is 14.4 Å². The molecule has 8 nitrogen and oxygen atoms in total. The number of carbonyl (C=O) groups is 1. The van der Waals surface area contributed by atoms with Gasteiger partial charge in [-0.25, -0.2) is 9.78 Å². The quantitative estimate of drug-likeness (QED) is 0.618. The Labute approximate surface area is 131 Å². The van der Waals surface area contributed by atoms with Gasteiger partial charge < -0.3 is 11.1 Å². The fourth-order valence-corrected chi connectivity index (χ4v) is 2.83. The van der Waals surface area contributed by atoms with E-state index in [1.807, 2.05) is 6.92 Å². The molecule has 1 saturated carbocycles. The summed E-state index contributed by atoms with van der Waals surface area (Å²) in [7, 11) is 0. The van der Waals surface area contributed by atoms with Crippen LogP contribution in [0.1, 0.15) is 35.8 Å². The van der Waals surface area contributed by atoms with Crippen LogP contribution in [0, 0.1) is 12.8 Å². The number of aryl methyl sites for hydroxylation is 1. The van der Waals surface area contributed by atoms with E-state index in [2.05, 4.69) is 20.3 Å². The molecule has 0 saturated heterocycles. The maximum Gasteiger partial charge on any atom is 0.327 e. The van der Waals surface area contributed by atoms with Crippen LogP contribution in [0.5, 0.6) is 0 Å². The Balaban J connectivity index is 2.01. The lowest BCUT2D eigenvalue weighted by atomic mass is 9.95. The summed E-state index contributed by atoms with van der Waals surface area (Å²) in [6.07, 6.45) is 2.09. The van der Waals surface area contributed by atoms with E-state index < -0.39 is 16.8 Å². The fourth-order valence-electron chi connectivity index (χ4n) is 2.83. The minimum absolute atomic E-state index is 0.102. The van der Waals surface area contributed by atoms with Crippen molar-refractivity contribution in [1.29, 1.82) is 0 Å². The molecule has 1 aliphatic rings. The van der Waals surface area contributed by atoms with Crippen LogP contribution in [0.25, 0.3) is 11.0 Å². The summed E-state index contributed by atoms with van der Waals surface area (Å²) in [5.41, 5.74) is 4.98. The van der Waals surface area contributed by atoms with Crippen molar-refractivity contribution in [3.8, 4) is 0 Å². The van der Waals surface area contributed by atoms with Crippen molar-refractivity contribution in [1.82, 2.24) is 20.3 Å². The average molecular weight is 317 g/mol. The zero-order valence-electron chi connectivity index (χ0n) is 13.0. The molecule has 1 atom stereocenters. The molecule has 1 fully saturated rings. The van der Waals surface area contributed by atoms with Gasteiger partial charge in [0, 0.05) is 6.54 Å². The van der Waals surface area contributed by atoms with Gasteiger partial charge >= 0.3 is 5.69 Å². The molecule has 23 heavy (non-hydrogen) atoms. The number of nitrogens with one attached hydrogen (secondary N) is 3. The number of nitrogens with zero attached hydrogens (tertiary/aromatic N) is 1. The van der Waals surface area contributed by atoms with Crippen LogP contribution in [0.3, 0.4) is 0 Å². The number of hydrogen-bond acceptors (Lipinski definition) is 5. The van der Waals surface area contributed by atoms with Gasteiger partial charge in [-0.3, -0.25) is 19.6 Å². The molecular weight excluding hydrogens is 298 g/mol. The number of fused-ring (bicyclic) bond motifs is 1. The summed E-state index contributed by atoms with van der Waals surface area (Å²) in [5, 5.41) is 3.21. The first kappa shape index (κ1) is 15.4. The van der Waals surface area contributed by atoms with Gasteiger partial charge in [0.1, 0.15) is 11.3 Å². The lowest BCUT2D eigenvalue weighted by Crippen LogP contribution is -2.53. The van der Waals surface area contributed by atoms with Crippen molar-refractivity contribution in [2.24, 2.45) is 11.7 Å². The van der Waals surface area contributed by atoms with E-state index in [0.29, 0.717) is 18.0 Å². The Morgan fingerprint density at radius 3 is 2.74 bits per heavy atom. The highest BCUT2D eigenvalue weighted by atomic mass is 16.2. The highest BCUT2D eigenvalue weighted by molar-refractivity contribution is 5.95. The van der Waals surface area contributed by atoms with Crippen molar-refractivity contribution in [3.05, 3.63) is 38.2 Å². The number of carbonyl (C=O) groups excluding carboxylic acids is 1. The molecule has 2 aromatic rings. The monoisotopic (exact) mass is 317 g/mol. The molecule has 1 unspecified atom stereocenters. The molecule has 0 spiro atoms. The summed E-state index contributed by atoms with van der Waals surface area (Å²) in [5.74, 6) is 0.0108. The number of hydrogen-bond donors (Lipinski definition) is 4. The third-order valence-electron chi connectivity index (χ3n) is 4.44. The SMILES string of the molecule is Cc1cc(C(=O)NC(C)(CN)C2CC2)nc2[nH]c(=O)[nH]c(=O)c12. The second-order valence-corrected chi connectivity index (χ2v) is 6.31. The van der Waals surface area contributed by atoms with Crippen molar-refractivity contribution in [2.75, 3.05) is 6.54 Å². The molecule has 0 bridgehead atoms. The van der Waals surface area contributed by atoms with Gasteiger partial charge in [0.15, 0.2) is 0 Å². The molecule has 2 aromatic heterocycles. The van der Waals surface area contributed by atoms with Crippen LogP contribution in [0.2, 0.25) is 0 Å². The summed E-state index contributed by atoms with van der Waals surface area (Å²) in [6.45, 7) is 3.95. The van der Waals surface area contributed by atoms with Crippen LogP contribution in [-0.2, 0) is 0 Å². The van der Waals surface area contributed by atoms with Crippen LogP contribution >= 0.6 is 0 Å². The summed E-state index contributed by atoms with van der Waals surface area (Å²) in [4.78, 5) is 44.5. The van der Waals surface area contributed by atoms with Gasteiger partial charge in [-0.15, -0.1) is 0 Å². The topological polar surface area (TPSA) is 134 Å². The molecule has 0 radical (unpaired) electrons. The highest BCUT2D eigenvalue weighted by Gasteiger charge is 2.41. The number of aromatic amines is 2. The van der Waals surface area contributed by atoms with Gasteiger partial charge in [-0.2, -0.15) is 0 Å². The number of pyridine rings is 1. The van der Waals surface area contributed by atoms with Crippen LogP contribution < -0.4 is 22.3 Å². The third-order valence-corrected chi connectivity index (χ3v) is 4.44. The Kier molecular flexibility index (Phi) is 3.56. The van der Waals surface area contributed by atoms with Crippen molar-refractivity contribution in [2.45, 2.75) is 32.2 Å². The Bertz CT molecular complexity index is 896. The van der Waals surface area contributed by atoms with Crippen molar-refractivity contribution in [3.63, 3.8) is 0 Å². The summed E-state index contributed by atoms with van der Waals surface area (Å²) in [6, 6.07) is 1.54. The number of amides is 1. The largest absolute Gasteiger partial charge is 0.344 e. The lowest BCUT2D eigenvalue weighted by molar-refractivity contribution is 0.0893. The molecule has 5 N–H and O–H groups in total. The van der Waals surface area contributed by atoms with E-state index in [1.54, 1.807) is 6.92 Å². The second kappa shape index (κ2) is 5.31. The Hall–Kier alpha value is -2.48. The van der Waals surface area contributed by atoms with E-state index in [-0.39, 0.29) is 22.6 Å². The smallest absolute Gasteiger partial charge is 0.327 e. The Morgan fingerprint density at radius 1 is 1.43 bits per heavy atom. The van der Waals surface area contributed by atoms with Gasteiger partial charge in [0.2, 0.25) is 0 Å². The number of rotatable bonds is 4. The first-order valence-electron chi connectivity index (χ1n) is 7.50. The van der Waals surface area contributed by atoms with Crippen LogP contribution in [0.15, 0.2) is 15.7 Å². The molecule has 8 heteroatoms. The van der Waals surface area contributed by atoms with E-state index >= 15 is 0 Å². The molecule has 0 aliphatic heterocycles. The first-order valence-corrected chi connectivity index (χ1v) is 7.50. The minimum atomic E-state index is -0.656. The van der Waals surface area contributed by atoms with E-state index in [1.165, 1.54) is 6.07 Å². The summed E-state index contributed by atoms with van der Waals surface area (Å²) >= 11 is 0. The third kappa shape index (κ3) is 2.77. The molecule has 3 rings (SSSR count). The maximum atomic E-state index is 12.5. The fraction of sp³-hybridized carbons (Fsp3) is 0.467. The zero-order valence-corrected chi connectivity index (χ0v) is 13.0. The molecule has 2 heterocycles. The predicted molar refractivity (Wildman–Crippen MR) is 85.4 cm³/mol. The Morgan fingerprint density at radius 2 is 2.13 bits per heavy atom. The average Bonchev–Trinajstić information content (AvgIpc) is 3.30. The standard InChI is InChI=1S/C15H19N5O3/c1-7-5-9(12(21)20-15(2,6-16)8-3-4-8)17-11-10(7)13(22)19-14(23)18-11/h5,8H,3-4,6,16H2,1-2H3,(H,20,21)(H2,17,18,19,22,23). The molecular formula is C15H19N5O3. The lowest BCUT2D eigenvalue weighted by Gasteiger charge is -2.29.